The zero-order chi connectivity index (χ0) is 16.2. The average Bonchev–Trinajstić information content (AvgIpc) is 2.57. The first kappa shape index (κ1) is 16.7. The van der Waals surface area contributed by atoms with Crippen LogP contribution in [0.5, 0.6) is 0 Å². The van der Waals surface area contributed by atoms with Gasteiger partial charge in [-0.1, -0.05) is 38.5 Å². The zero-order valence-electron chi connectivity index (χ0n) is 15.0. The largest absolute Gasteiger partial charge is 0.398 e. The van der Waals surface area contributed by atoms with Crippen LogP contribution in [0.4, 0.5) is 11.4 Å². The summed E-state index contributed by atoms with van der Waals surface area (Å²) in [6, 6.07) is 4.87. The maximum atomic E-state index is 6.53. The Bertz CT molecular complexity index is 509. The quantitative estimate of drug-likeness (QED) is 0.651. The minimum atomic E-state index is 0.472. The number of benzene rings is 1. The van der Waals surface area contributed by atoms with E-state index in [9.17, 15) is 0 Å². The van der Waals surface area contributed by atoms with Gasteiger partial charge in [-0.3, -0.25) is 0 Å². The first-order chi connectivity index (χ1) is 11.2. The van der Waals surface area contributed by atoms with E-state index in [4.69, 9.17) is 5.73 Å². The number of hydrogen-bond acceptors (Lipinski definition) is 2. The van der Waals surface area contributed by atoms with Gasteiger partial charge in [0.25, 0.3) is 0 Å². The molecule has 2 aliphatic carbocycles. The van der Waals surface area contributed by atoms with Crippen molar-refractivity contribution in [2.45, 2.75) is 95.9 Å². The van der Waals surface area contributed by atoms with Crippen LogP contribution in [0.2, 0.25) is 0 Å². The lowest BCUT2D eigenvalue weighted by Gasteiger charge is -2.33. The highest BCUT2D eigenvalue weighted by Gasteiger charge is 2.28. The molecule has 2 saturated carbocycles. The van der Waals surface area contributed by atoms with E-state index in [-0.39, 0.29) is 0 Å². The van der Waals surface area contributed by atoms with E-state index < -0.39 is 0 Å². The Kier molecular flexibility index (Phi) is 5.50. The van der Waals surface area contributed by atoms with Gasteiger partial charge in [0, 0.05) is 17.4 Å². The molecule has 0 atom stereocenters. The molecule has 3 rings (SSSR count). The Hall–Kier alpha value is -1.18. The molecule has 2 aliphatic rings. The topological polar surface area (TPSA) is 38.0 Å². The van der Waals surface area contributed by atoms with Crippen LogP contribution in [0.1, 0.15) is 101 Å². The monoisotopic (exact) mass is 314 g/mol. The highest BCUT2D eigenvalue weighted by Crippen LogP contribution is 2.46. The summed E-state index contributed by atoms with van der Waals surface area (Å²) in [6.07, 6.45) is 13.7. The van der Waals surface area contributed by atoms with E-state index in [1.165, 1.54) is 75.5 Å². The molecule has 0 heterocycles. The normalized spacial score (nSPS) is 20.8. The molecule has 3 N–H and O–H groups in total. The predicted molar refractivity (Wildman–Crippen MR) is 101 cm³/mol. The summed E-state index contributed by atoms with van der Waals surface area (Å²) < 4.78 is 0. The summed E-state index contributed by atoms with van der Waals surface area (Å²) >= 11 is 0. The van der Waals surface area contributed by atoms with Crippen molar-refractivity contribution in [3.8, 4) is 0 Å². The van der Waals surface area contributed by atoms with Crippen molar-refractivity contribution >= 4 is 11.4 Å². The fourth-order valence-electron chi connectivity index (χ4n) is 4.77. The molecule has 2 fully saturated rings. The van der Waals surface area contributed by atoms with Crippen molar-refractivity contribution in [1.29, 1.82) is 0 Å². The number of hydrogen-bond donors (Lipinski definition) is 2. The van der Waals surface area contributed by atoms with Gasteiger partial charge in [0.1, 0.15) is 0 Å². The molecule has 0 radical (unpaired) electrons. The van der Waals surface area contributed by atoms with Crippen LogP contribution in [-0.4, -0.2) is 6.04 Å². The molecule has 23 heavy (non-hydrogen) atoms. The second-order valence-corrected chi connectivity index (χ2v) is 8.00. The summed E-state index contributed by atoms with van der Waals surface area (Å²) in [5.41, 5.74) is 12.0. The molecule has 0 saturated heterocycles. The third-order valence-electron chi connectivity index (χ3n) is 5.79. The minimum Gasteiger partial charge on any atom is -0.398 e. The maximum absolute atomic E-state index is 6.53. The molecule has 0 aliphatic heterocycles. The number of nitrogens with one attached hydrogen (secondary N) is 1. The molecule has 1 aromatic rings. The third-order valence-corrected chi connectivity index (χ3v) is 5.79. The Morgan fingerprint density at radius 3 is 1.87 bits per heavy atom. The van der Waals surface area contributed by atoms with Crippen molar-refractivity contribution < 1.29 is 0 Å². The number of anilines is 2. The Morgan fingerprint density at radius 2 is 1.35 bits per heavy atom. The number of rotatable bonds is 4. The summed E-state index contributed by atoms with van der Waals surface area (Å²) in [5, 5.41) is 3.72. The minimum absolute atomic E-state index is 0.472. The van der Waals surface area contributed by atoms with Gasteiger partial charge in [-0.2, -0.15) is 0 Å². The van der Waals surface area contributed by atoms with E-state index in [1.807, 2.05) is 0 Å². The van der Waals surface area contributed by atoms with Crippen LogP contribution in [0.15, 0.2) is 12.1 Å². The summed E-state index contributed by atoms with van der Waals surface area (Å²) in [7, 11) is 0. The molecular formula is C21H34N2. The molecule has 0 bridgehead atoms. The van der Waals surface area contributed by atoms with Gasteiger partial charge in [-0.15, -0.1) is 0 Å². The van der Waals surface area contributed by atoms with Gasteiger partial charge in [0.05, 0.1) is 0 Å². The Labute approximate surface area is 142 Å². The SMILES string of the molecule is CC(C)Nc1ccc(N)c(C2CCCCC2)c1C1CCCCC1. The molecular weight excluding hydrogens is 280 g/mol. The average molecular weight is 315 g/mol. The molecule has 0 aromatic heterocycles. The maximum Gasteiger partial charge on any atom is 0.0381 e. The van der Waals surface area contributed by atoms with Crippen molar-refractivity contribution in [3.63, 3.8) is 0 Å². The molecule has 2 nitrogen and oxygen atoms in total. The van der Waals surface area contributed by atoms with Crippen molar-refractivity contribution in [2.75, 3.05) is 11.1 Å². The van der Waals surface area contributed by atoms with Gasteiger partial charge < -0.3 is 11.1 Å². The molecule has 128 valence electrons. The molecule has 0 unspecified atom stereocenters. The Balaban J connectivity index is 2.03. The number of nitrogen functional groups attached to an aromatic ring is 1. The van der Waals surface area contributed by atoms with Crippen LogP contribution >= 0.6 is 0 Å². The summed E-state index contributed by atoms with van der Waals surface area (Å²) in [4.78, 5) is 0. The van der Waals surface area contributed by atoms with E-state index in [2.05, 4.69) is 31.3 Å². The second kappa shape index (κ2) is 7.59. The van der Waals surface area contributed by atoms with Crippen molar-refractivity contribution in [3.05, 3.63) is 23.3 Å². The van der Waals surface area contributed by atoms with E-state index in [0.717, 1.165) is 5.69 Å². The second-order valence-electron chi connectivity index (χ2n) is 8.00. The van der Waals surface area contributed by atoms with Gasteiger partial charge in [-0.05, 0) is 74.6 Å². The van der Waals surface area contributed by atoms with Gasteiger partial charge >= 0.3 is 0 Å². The highest BCUT2D eigenvalue weighted by molar-refractivity contribution is 5.66. The van der Waals surface area contributed by atoms with Crippen molar-refractivity contribution in [2.24, 2.45) is 0 Å². The lowest BCUT2D eigenvalue weighted by Crippen LogP contribution is -2.19. The standard InChI is InChI=1S/C21H34N2/c1-15(2)23-19-14-13-18(22)20(16-9-5-3-6-10-16)21(19)17-11-7-4-8-12-17/h13-17,23H,3-12,22H2,1-2H3. The van der Waals surface area contributed by atoms with Crippen molar-refractivity contribution in [1.82, 2.24) is 0 Å². The van der Waals surface area contributed by atoms with Crippen LogP contribution in [0, 0.1) is 0 Å². The fraction of sp³-hybridized carbons (Fsp3) is 0.714. The molecule has 1 aromatic carbocycles. The lowest BCUT2D eigenvalue weighted by molar-refractivity contribution is 0.420. The first-order valence-corrected chi connectivity index (χ1v) is 9.85. The van der Waals surface area contributed by atoms with E-state index in [1.54, 1.807) is 5.56 Å². The summed E-state index contributed by atoms with van der Waals surface area (Å²) in [6.45, 7) is 4.47. The Morgan fingerprint density at radius 1 is 0.826 bits per heavy atom. The van der Waals surface area contributed by atoms with Gasteiger partial charge in [0.2, 0.25) is 0 Å². The third kappa shape index (κ3) is 3.84. The summed E-state index contributed by atoms with van der Waals surface area (Å²) in [5.74, 6) is 1.40. The first-order valence-electron chi connectivity index (χ1n) is 9.85. The van der Waals surface area contributed by atoms with E-state index >= 15 is 0 Å². The van der Waals surface area contributed by atoms with Crippen LogP contribution in [-0.2, 0) is 0 Å². The van der Waals surface area contributed by atoms with Crippen LogP contribution < -0.4 is 11.1 Å². The molecule has 2 heteroatoms. The zero-order valence-corrected chi connectivity index (χ0v) is 15.0. The van der Waals surface area contributed by atoms with Gasteiger partial charge in [-0.25, -0.2) is 0 Å². The van der Waals surface area contributed by atoms with Gasteiger partial charge in [0.15, 0.2) is 0 Å². The molecule has 0 amide bonds. The highest BCUT2D eigenvalue weighted by atomic mass is 14.9. The van der Waals surface area contributed by atoms with E-state index in [0.29, 0.717) is 17.9 Å². The van der Waals surface area contributed by atoms with Crippen LogP contribution in [0.3, 0.4) is 0 Å². The predicted octanol–water partition coefficient (Wildman–Crippen LogP) is 6.18. The fourth-order valence-corrected chi connectivity index (χ4v) is 4.77. The van der Waals surface area contributed by atoms with Crippen LogP contribution in [0.25, 0.3) is 0 Å². The number of nitrogens with two attached hydrogens (primary N) is 1. The lowest BCUT2D eigenvalue weighted by atomic mass is 9.74. The smallest absolute Gasteiger partial charge is 0.0381 e. The molecule has 0 spiro atoms.